The van der Waals surface area contributed by atoms with Gasteiger partial charge < -0.3 is 20.3 Å². The molecule has 1 saturated heterocycles. The molecule has 36 heavy (non-hydrogen) atoms. The van der Waals surface area contributed by atoms with Crippen LogP contribution in [0.3, 0.4) is 0 Å². The summed E-state index contributed by atoms with van der Waals surface area (Å²) in [5.74, 6) is 1.05. The molecule has 2 aliphatic heterocycles. The summed E-state index contributed by atoms with van der Waals surface area (Å²) in [6.45, 7) is 2.13. The summed E-state index contributed by atoms with van der Waals surface area (Å²) in [6, 6.07) is 15.1. The summed E-state index contributed by atoms with van der Waals surface area (Å²) in [5.41, 5.74) is 8.06. The predicted molar refractivity (Wildman–Crippen MR) is 143 cm³/mol. The fourth-order valence-corrected chi connectivity index (χ4v) is 5.78. The maximum absolute atomic E-state index is 13.7. The summed E-state index contributed by atoms with van der Waals surface area (Å²) in [4.78, 5) is 30.5. The van der Waals surface area contributed by atoms with Crippen molar-refractivity contribution >= 4 is 23.4 Å². The Bertz CT molecular complexity index is 1050. The molecule has 0 saturated carbocycles. The monoisotopic (exact) mass is 511 g/mol. The lowest BCUT2D eigenvalue weighted by Crippen LogP contribution is -2.54. The topological polar surface area (TPSA) is 75.9 Å². The van der Waals surface area contributed by atoms with Gasteiger partial charge >= 0.3 is 0 Å². The third-order valence-corrected chi connectivity index (χ3v) is 7.99. The van der Waals surface area contributed by atoms with Crippen molar-refractivity contribution in [1.29, 1.82) is 0 Å². The van der Waals surface area contributed by atoms with E-state index in [2.05, 4.69) is 12.1 Å². The van der Waals surface area contributed by atoms with Crippen LogP contribution in [0.2, 0.25) is 5.02 Å². The number of hydrogen-bond donors (Lipinski definition) is 1. The van der Waals surface area contributed by atoms with Crippen LogP contribution in [0.5, 0.6) is 5.75 Å². The number of nitrogens with zero attached hydrogens (tertiary/aromatic N) is 2. The van der Waals surface area contributed by atoms with E-state index in [9.17, 15) is 9.59 Å². The van der Waals surface area contributed by atoms with Crippen molar-refractivity contribution in [3.8, 4) is 5.75 Å². The van der Waals surface area contributed by atoms with Gasteiger partial charge in [-0.1, -0.05) is 54.8 Å². The van der Waals surface area contributed by atoms with E-state index in [1.807, 2.05) is 53.2 Å². The minimum Gasteiger partial charge on any atom is -0.491 e. The number of fused-ring (bicyclic) bond motifs is 1. The van der Waals surface area contributed by atoms with Gasteiger partial charge in [0, 0.05) is 25.2 Å². The highest BCUT2D eigenvalue weighted by Crippen LogP contribution is 2.39. The van der Waals surface area contributed by atoms with Gasteiger partial charge in [0.25, 0.3) is 0 Å². The number of nitrogens with two attached hydrogens (primary N) is 1. The van der Waals surface area contributed by atoms with E-state index >= 15 is 0 Å². The van der Waals surface area contributed by atoms with E-state index in [0.29, 0.717) is 50.5 Å². The molecule has 6 nitrogen and oxygen atoms in total. The Morgan fingerprint density at radius 3 is 2.61 bits per heavy atom. The molecule has 4 rings (SSSR count). The van der Waals surface area contributed by atoms with Gasteiger partial charge in [-0.2, -0.15) is 0 Å². The first kappa shape index (κ1) is 26.5. The van der Waals surface area contributed by atoms with Crippen molar-refractivity contribution in [1.82, 2.24) is 9.80 Å². The van der Waals surface area contributed by atoms with Crippen molar-refractivity contribution in [2.45, 2.75) is 57.4 Å². The maximum atomic E-state index is 13.7. The number of benzene rings is 2. The number of hydrogen-bond acceptors (Lipinski definition) is 4. The number of piperidine rings is 1. The second kappa shape index (κ2) is 12.1. The Kier molecular flexibility index (Phi) is 8.91. The van der Waals surface area contributed by atoms with Gasteiger partial charge in [0.1, 0.15) is 12.4 Å². The van der Waals surface area contributed by atoms with Gasteiger partial charge in [-0.15, -0.1) is 0 Å². The van der Waals surface area contributed by atoms with Crippen LogP contribution in [-0.4, -0.2) is 60.9 Å². The lowest BCUT2D eigenvalue weighted by atomic mass is 9.73. The minimum absolute atomic E-state index is 0.0542. The average Bonchev–Trinajstić information content (AvgIpc) is 2.89. The third-order valence-electron chi connectivity index (χ3n) is 7.75. The van der Waals surface area contributed by atoms with Gasteiger partial charge in [-0.25, -0.2) is 0 Å². The second-order valence-corrected chi connectivity index (χ2v) is 10.7. The molecule has 1 fully saturated rings. The molecule has 0 aliphatic carbocycles. The largest absolute Gasteiger partial charge is 0.491 e. The Labute approximate surface area is 219 Å². The van der Waals surface area contributed by atoms with Crippen molar-refractivity contribution in [3.05, 3.63) is 64.7 Å². The third kappa shape index (κ3) is 6.40. The molecular weight excluding hydrogens is 474 g/mol. The predicted octanol–water partition coefficient (Wildman–Crippen LogP) is 4.47. The highest BCUT2D eigenvalue weighted by atomic mass is 35.5. The van der Waals surface area contributed by atoms with Gasteiger partial charge in [0.15, 0.2) is 0 Å². The van der Waals surface area contributed by atoms with Crippen molar-refractivity contribution in [3.63, 3.8) is 0 Å². The number of para-hydroxylation sites is 1. The summed E-state index contributed by atoms with van der Waals surface area (Å²) >= 11 is 6.08. The summed E-state index contributed by atoms with van der Waals surface area (Å²) < 4.78 is 6.06. The smallest absolute Gasteiger partial charge is 0.239 e. The van der Waals surface area contributed by atoms with Crippen LogP contribution in [-0.2, 0) is 22.4 Å². The Morgan fingerprint density at radius 1 is 1.06 bits per heavy atom. The van der Waals surface area contributed by atoms with Crippen LogP contribution in [0.15, 0.2) is 48.5 Å². The van der Waals surface area contributed by atoms with E-state index in [1.54, 1.807) is 0 Å². The first-order chi connectivity index (χ1) is 17.4. The molecule has 0 aromatic heterocycles. The van der Waals surface area contributed by atoms with Crippen LogP contribution < -0.4 is 10.5 Å². The molecule has 0 bridgehead atoms. The normalized spacial score (nSPS) is 19.9. The maximum Gasteiger partial charge on any atom is 0.239 e. The highest BCUT2D eigenvalue weighted by molar-refractivity contribution is 6.30. The molecule has 1 spiro atoms. The Morgan fingerprint density at radius 2 is 1.83 bits per heavy atom. The molecule has 1 atom stereocenters. The first-order valence-corrected chi connectivity index (χ1v) is 13.5. The van der Waals surface area contributed by atoms with E-state index in [4.69, 9.17) is 22.1 Å². The molecular formula is C29H38ClN3O3. The zero-order valence-electron chi connectivity index (χ0n) is 21.3. The molecule has 2 N–H and O–H groups in total. The number of likely N-dealkylation sites (tertiary alicyclic amines) is 1. The van der Waals surface area contributed by atoms with Crippen LogP contribution in [0.1, 0.15) is 49.7 Å². The molecule has 7 heteroatoms. The fourth-order valence-electron chi connectivity index (χ4n) is 5.57. The number of halogens is 1. The molecule has 194 valence electrons. The quantitative estimate of drug-likeness (QED) is 0.659. The zero-order valence-corrected chi connectivity index (χ0v) is 22.0. The zero-order chi connectivity index (χ0) is 25.5. The number of ether oxygens (including phenoxy) is 1. The lowest BCUT2D eigenvalue weighted by molar-refractivity contribution is -0.148. The number of carbonyl (C=O) groups is 2. The van der Waals surface area contributed by atoms with E-state index in [-0.39, 0.29) is 11.8 Å². The van der Waals surface area contributed by atoms with Gasteiger partial charge in [0.2, 0.25) is 11.8 Å². The number of likely N-dealkylation sites (N-methyl/N-ethyl adjacent to an activating group) is 1. The standard InChI is InChI=1S/C29H38ClN3O3/c1-32-18-19-36-26-12-5-4-10-23(26)9-3-2-6-13-29(28(32)35)14-16-33(17-15-29)27(34)25(31)21-22-8-7-11-24(30)20-22/h4-5,7-8,10-12,20,25H,2-3,6,9,13-19,21,31H2,1H3/t25-/m0/s1. The molecule has 2 amide bonds. The average molecular weight is 512 g/mol. The van der Waals surface area contributed by atoms with Crippen molar-refractivity contribution in [2.75, 3.05) is 33.3 Å². The first-order valence-electron chi connectivity index (χ1n) is 13.1. The van der Waals surface area contributed by atoms with Crippen LogP contribution >= 0.6 is 11.6 Å². The number of aryl methyl sites for hydroxylation is 1. The molecule has 0 unspecified atom stereocenters. The van der Waals surface area contributed by atoms with Crippen LogP contribution in [0.4, 0.5) is 0 Å². The number of rotatable bonds is 3. The van der Waals surface area contributed by atoms with E-state index in [1.165, 1.54) is 5.56 Å². The van der Waals surface area contributed by atoms with Gasteiger partial charge in [-0.05, 0) is 67.9 Å². The number of carbonyl (C=O) groups excluding carboxylic acids is 2. The van der Waals surface area contributed by atoms with Gasteiger partial charge in [0.05, 0.1) is 18.0 Å². The fraction of sp³-hybridized carbons (Fsp3) is 0.517. The van der Waals surface area contributed by atoms with E-state index < -0.39 is 11.5 Å². The number of amides is 2. The minimum atomic E-state index is -0.616. The second-order valence-electron chi connectivity index (χ2n) is 10.3. The molecule has 2 aliphatic rings. The van der Waals surface area contributed by atoms with Gasteiger partial charge in [-0.3, -0.25) is 9.59 Å². The van der Waals surface area contributed by atoms with Crippen molar-refractivity contribution < 1.29 is 14.3 Å². The van der Waals surface area contributed by atoms with Crippen LogP contribution in [0.25, 0.3) is 0 Å². The van der Waals surface area contributed by atoms with E-state index in [0.717, 1.165) is 43.4 Å². The molecule has 2 aromatic carbocycles. The lowest BCUT2D eigenvalue weighted by Gasteiger charge is -2.43. The summed E-state index contributed by atoms with van der Waals surface area (Å²) in [6.07, 6.45) is 6.79. The van der Waals surface area contributed by atoms with Crippen molar-refractivity contribution in [2.24, 2.45) is 11.1 Å². The molecule has 2 heterocycles. The Balaban J connectivity index is 1.39. The Hall–Kier alpha value is -2.57. The molecule has 0 radical (unpaired) electrons. The summed E-state index contributed by atoms with van der Waals surface area (Å²) in [5, 5.41) is 0.641. The SMILES string of the molecule is CN1CCOc2ccccc2CCCCCC2(CCN(C(=O)[C@@H](N)Cc3cccc(Cl)c3)CC2)C1=O. The van der Waals surface area contributed by atoms with Crippen LogP contribution in [0, 0.1) is 5.41 Å². The summed E-state index contributed by atoms with van der Waals surface area (Å²) in [7, 11) is 1.87. The highest BCUT2D eigenvalue weighted by Gasteiger charge is 2.43. The molecule has 2 aromatic rings.